The SMILES string of the molecule is NCC(=O)N1CCC[C@H]1C(=O)N[C@@H](CCCN=C(N)N)C(=O)N[C@@H](Cc1cnc[nH]1)C(=O)CC(N)=O. The maximum Gasteiger partial charge on any atom is 0.243 e. The number of amides is 4. The van der Waals surface area contributed by atoms with Gasteiger partial charge < -0.3 is 43.5 Å². The molecule has 0 unspecified atom stereocenters. The fourth-order valence-electron chi connectivity index (χ4n) is 3.92. The summed E-state index contributed by atoms with van der Waals surface area (Å²) in [4.78, 5) is 74.2. The highest BCUT2D eigenvalue weighted by molar-refractivity contribution is 6.02. The quantitative estimate of drug-likeness (QED) is 0.0567. The Labute approximate surface area is 207 Å². The molecule has 1 aromatic heterocycles. The zero-order valence-corrected chi connectivity index (χ0v) is 19.9. The van der Waals surface area contributed by atoms with Crippen LogP contribution in [0.4, 0.5) is 0 Å². The second-order valence-corrected chi connectivity index (χ2v) is 8.41. The number of H-pyrrole nitrogens is 1. The van der Waals surface area contributed by atoms with Gasteiger partial charge in [-0.25, -0.2) is 4.98 Å². The minimum atomic E-state index is -1.09. The predicted octanol–water partition coefficient (Wildman–Crippen LogP) is -3.63. The van der Waals surface area contributed by atoms with Gasteiger partial charge in [0.2, 0.25) is 23.6 Å². The minimum absolute atomic E-state index is 0.0356. The number of hydrogen-bond acceptors (Lipinski definition) is 8. The third kappa shape index (κ3) is 8.65. The summed E-state index contributed by atoms with van der Waals surface area (Å²) in [6, 6.07) is -2.91. The van der Waals surface area contributed by atoms with Gasteiger partial charge in [-0.05, 0) is 25.7 Å². The molecule has 0 aliphatic carbocycles. The van der Waals surface area contributed by atoms with Crippen LogP contribution >= 0.6 is 0 Å². The number of carbonyl (C=O) groups is 5. The summed E-state index contributed by atoms with van der Waals surface area (Å²) < 4.78 is 0. The number of aromatic amines is 1. The van der Waals surface area contributed by atoms with E-state index in [1.165, 1.54) is 17.4 Å². The van der Waals surface area contributed by atoms with Crippen molar-refractivity contribution in [1.82, 2.24) is 25.5 Å². The van der Waals surface area contributed by atoms with E-state index in [0.717, 1.165) is 0 Å². The summed E-state index contributed by atoms with van der Waals surface area (Å²) in [5.74, 6) is -3.06. The molecule has 0 bridgehead atoms. The number of aliphatic imine (C=N–C) groups is 1. The Morgan fingerprint density at radius 3 is 2.53 bits per heavy atom. The van der Waals surface area contributed by atoms with Gasteiger partial charge in [-0.2, -0.15) is 0 Å². The highest BCUT2D eigenvalue weighted by Gasteiger charge is 2.36. The van der Waals surface area contributed by atoms with Crippen molar-refractivity contribution < 1.29 is 24.0 Å². The second-order valence-electron chi connectivity index (χ2n) is 8.41. The molecule has 0 saturated carbocycles. The Kier molecular flexibility index (Phi) is 10.8. The first kappa shape index (κ1) is 28.2. The van der Waals surface area contributed by atoms with Crippen LogP contribution in [0.1, 0.15) is 37.8 Å². The van der Waals surface area contributed by atoms with Gasteiger partial charge in [0.25, 0.3) is 0 Å². The molecule has 1 saturated heterocycles. The lowest BCUT2D eigenvalue weighted by molar-refractivity contribution is -0.139. The lowest BCUT2D eigenvalue weighted by Crippen LogP contribution is -2.56. The summed E-state index contributed by atoms with van der Waals surface area (Å²) in [7, 11) is 0. The van der Waals surface area contributed by atoms with Gasteiger partial charge in [0, 0.05) is 31.4 Å². The summed E-state index contributed by atoms with van der Waals surface area (Å²) in [6.45, 7) is 0.369. The Hall–Kier alpha value is -4.01. The van der Waals surface area contributed by atoms with Crippen LogP contribution in [0.25, 0.3) is 0 Å². The van der Waals surface area contributed by atoms with Crippen LogP contribution in [0.2, 0.25) is 0 Å². The number of aromatic nitrogens is 2. The molecule has 0 radical (unpaired) electrons. The van der Waals surface area contributed by atoms with E-state index in [0.29, 0.717) is 31.5 Å². The topological polar surface area (TPSA) is 258 Å². The third-order valence-electron chi connectivity index (χ3n) is 5.66. The lowest BCUT2D eigenvalue weighted by Gasteiger charge is -2.27. The molecule has 1 aromatic rings. The van der Waals surface area contributed by atoms with E-state index in [2.05, 4.69) is 25.6 Å². The van der Waals surface area contributed by atoms with Crippen molar-refractivity contribution >= 4 is 35.4 Å². The first-order valence-corrected chi connectivity index (χ1v) is 11.6. The minimum Gasteiger partial charge on any atom is -0.370 e. The van der Waals surface area contributed by atoms with E-state index in [-0.39, 0.29) is 37.8 Å². The predicted molar refractivity (Wildman–Crippen MR) is 129 cm³/mol. The number of nitrogens with one attached hydrogen (secondary N) is 3. The van der Waals surface area contributed by atoms with Crippen molar-refractivity contribution in [3.05, 3.63) is 18.2 Å². The summed E-state index contributed by atoms with van der Waals surface area (Å²) >= 11 is 0. The molecule has 2 rings (SSSR count). The highest BCUT2D eigenvalue weighted by Crippen LogP contribution is 2.18. The molecule has 11 N–H and O–H groups in total. The summed E-state index contributed by atoms with van der Waals surface area (Å²) in [6.07, 6.45) is 3.90. The molecule has 0 aromatic carbocycles. The lowest BCUT2D eigenvalue weighted by atomic mass is 10.0. The molecule has 15 heteroatoms. The van der Waals surface area contributed by atoms with Crippen LogP contribution in [0.3, 0.4) is 0 Å². The van der Waals surface area contributed by atoms with E-state index >= 15 is 0 Å². The molecule has 36 heavy (non-hydrogen) atoms. The monoisotopic (exact) mass is 506 g/mol. The number of nitrogens with two attached hydrogens (primary N) is 4. The van der Waals surface area contributed by atoms with Crippen LogP contribution < -0.4 is 33.6 Å². The Morgan fingerprint density at radius 2 is 1.92 bits per heavy atom. The van der Waals surface area contributed by atoms with Gasteiger partial charge >= 0.3 is 0 Å². The fourth-order valence-corrected chi connectivity index (χ4v) is 3.92. The van der Waals surface area contributed by atoms with Crippen molar-refractivity contribution in [2.75, 3.05) is 19.6 Å². The van der Waals surface area contributed by atoms with Gasteiger partial charge in [-0.1, -0.05) is 0 Å². The number of likely N-dealkylation sites (tertiary alicyclic amines) is 1. The molecule has 1 fully saturated rings. The first-order valence-electron chi connectivity index (χ1n) is 11.6. The van der Waals surface area contributed by atoms with E-state index in [1.807, 2.05) is 0 Å². The van der Waals surface area contributed by atoms with Crippen LogP contribution in [-0.4, -0.2) is 88.0 Å². The number of imidazole rings is 1. The van der Waals surface area contributed by atoms with Crippen molar-refractivity contribution in [3.63, 3.8) is 0 Å². The number of hydrogen-bond donors (Lipinski definition) is 7. The van der Waals surface area contributed by atoms with Crippen molar-refractivity contribution in [2.24, 2.45) is 27.9 Å². The molecule has 1 aliphatic heterocycles. The van der Waals surface area contributed by atoms with Crippen molar-refractivity contribution in [1.29, 1.82) is 0 Å². The zero-order valence-electron chi connectivity index (χ0n) is 19.9. The number of ketones is 1. The van der Waals surface area contributed by atoms with Gasteiger partial charge in [0.15, 0.2) is 11.7 Å². The van der Waals surface area contributed by atoms with Gasteiger partial charge in [0.1, 0.15) is 12.1 Å². The van der Waals surface area contributed by atoms with E-state index in [9.17, 15) is 24.0 Å². The number of Topliss-reactive ketones (excluding diaryl/α,β-unsaturated/α-hetero) is 1. The molecular weight excluding hydrogens is 472 g/mol. The largest absolute Gasteiger partial charge is 0.370 e. The molecule has 198 valence electrons. The molecule has 15 nitrogen and oxygen atoms in total. The van der Waals surface area contributed by atoms with E-state index < -0.39 is 48.1 Å². The smallest absolute Gasteiger partial charge is 0.243 e. The third-order valence-corrected chi connectivity index (χ3v) is 5.66. The zero-order chi connectivity index (χ0) is 26.7. The number of primary amides is 1. The van der Waals surface area contributed by atoms with E-state index in [1.54, 1.807) is 0 Å². The summed E-state index contributed by atoms with van der Waals surface area (Å²) in [5.41, 5.74) is 21.8. The second kappa shape index (κ2) is 13.8. The molecule has 4 amide bonds. The maximum atomic E-state index is 13.2. The average molecular weight is 507 g/mol. The number of rotatable bonds is 14. The number of carbonyl (C=O) groups excluding carboxylic acids is 5. The highest BCUT2D eigenvalue weighted by atomic mass is 16.2. The van der Waals surface area contributed by atoms with Crippen LogP contribution in [-0.2, 0) is 30.4 Å². The van der Waals surface area contributed by atoms with Crippen LogP contribution in [0.15, 0.2) is 17.5 Å². The summed E-state index contributed by atoms with van der Waals surface area (Å²) in [5, 5.41) is 5.29. The standard InChI is InChI=1S/C21H34N10O5/c22-9-18(34)31-6-2-4-15(31)20(36)29-13(3-1-5-27-21(24)25)19(35)30-14(16(32)8-17(23)33)7-12-10-26-11-28-12/h10-11,13-15H,1-9,22H2,(H2,23,33)(H,26,28)(H,29,36)(H,30,35)(H4,24,25,27)/t13-,14-,15-/m0/s1. The van der Waals surface area contributed by atoms with Crippen molar-refractivity contribution in [3.8, 4) is 0 Å². The van der Waals surface area contributed by atoms with Gasteiger partial charge in [-0.3, -0.25) is 29.0 Å². The van der Waals surface area contributed by atoms with Gasteiger partial charge in [-0.15, -0.1) is 0 Å². The van der Waals surface area contributed by atoms with Crippen LogP contribution in [0.5, 0.6) is 0 Å². The van der Waals surface area contributed by atoms with E-state index in [4.69, 9.17) is 22.9 Å². The Morgan fingerprint density at radius 1 is 1.17 bits per heavy atom. The Balaban J connectivity index is 2.17. The average Bonchev–Trinajstić information content (AvgIpc) is 3.51. The molecule has 1 aliphatic rings. The molecule has 0 spiro atoms. The fraction of sp³-hybridized carbons (Fsp3) is 0.571. The van der Waals surface area contributed by atoms with Crippen molar-refractivity contribution in [2.45, 2.75) is 56.7 Å². The molecule has 2 heterocycles. The van der Waals surface area contributed by atoms with Gasteiger partial charge in [0.05, 0.1) is 25.3 Å². The van der Waals surface area contributed by atoms with Crippen LogP contribution in [0, 0.1) is 0 Å². The Bertz CT molecular complexity index is 960. The number of guanidine groups is 1. The first-order chi connectivity index (χ1) is 17.1. The maximum absolute atomic E-state index is 13.2. The molecule has 3 atom stereocenters. The number of nitrogens with zero attached hydrogens (tertiary/aromatic N) is 3. The normalized spacial score (nSPS) is 16.6. The molecular formula is C21H34N10O5.